The van der Waals surface area contributed by atoms with Gasteiger partial charge in [-0.25, -0.2) is 9.59 Å². The molecule has 0 aliphatic carbocycles. The third kappa shape index (κ3) is 3.48. The van der Waals surface area contributed by atoms with Gasteiger partial charge in [0.05, 0.1) is 0 Å². The summed E-state index contributed by atoms with van der Waals surface area (Å²) in [4.78, 5) is 24.2. The van der Waals surface area contributed by atoms with Gasteiger partial charge in [0.15, 0.2) is 0 Å². The highest BCUT2D eigenvalue weighted by Crippen LogP contribution is 2.20. The van der Waals surface area contributed by atoms with E-state index in [1.54, 1.807) is 0 Å². The Morgan fingerprint density at radius 1 is 1.56 bits per heavy atom. The molecule has 0 aromatic heterocycles. The van der Waals surface area contributed by atoms with Crippen LogP contribution in [0.5, 0.6) is 0 Å². The first kappa shape index (κ1) is 13.0. The maximum atomic E-state index is 11.6. The van der Waals surface area contributed by atoms with Gasteiger partial charge >= 0.3 is 12.1 Å². The third-order valence-corrected chi connectivity index (χ3v) is 3.08. The molecule has 1 unspecified atom stereocenters. The molecule has 0 radical (unpaired) electrons. The monoisotopic (exact) mass is 228 g/mol. The molecular weight excluding hydrogens is 208 g/mol. The Hall–Kier alpha value is -1.10. The van der Waals surface area contributed by atoms with E-state index in [4.69, 9.17) is 5.73 Å². The van der Waals surface area contributed by atoms with Crippen LogP contribution in [0.4, 0.5) is 4.79 Å². The lowest BCUT2D eigenvalue weighted by molar-refractivity contribution is -0.142. The first-order valence-corrected chi connectivity index (χ1v) is 5.79. The number of hydrogen-bond acceptors (Lipinski definition) is 4. The van der Waals surface area contributed by atoms with Crippen molar-refractivity contribution in [1.82, 2.24) is 4.90 Å². The standard InChI is InChI=1S/C11H20N2O3/c1-3-8(2)7-13-6-4-5-9(13)10(14)16-11(12)15/h8-9H,3-7H2,1-2H3,(H2,12,15)/t8?,9-/m0/s1. The van der Waals surface area contributed by atoms with Crippen molar-refractivity contribution in [3.63, 3.8) is 0 Å². The molecule has 0 aromatic carbocycles. The lowest BCUT2D eigenvalue weighted by Gasteiger charge is -2.24. The van der Waals surface area contributed by atoms with Gasteiger partial charge in [-0.1, -0.05) is 20.3 Å². The van der Waals surface area contributed by atoms with Crippen LogP contribution in [-0.2, 0) is 9.53 Å². The Kier molecular flexibility index (Phi) is 4.73. The Morgan fingerprint density at radius 3 is 2.81 bits per heavy atom. The van der Waals surface area contributed by atoms with Gasteiger partial charge in [-0.2, -0.15) is 0 Å². The lowest BCUT2D eigenvalue weighted by atomic mass is 10.1. The number of primary amides is 1. The molecule has 1 aliphatic heterocycles. The van der Waals surface area contributed by atoms with E-state index in [-0.39, 0.29) is 6.04 Å². The molecule has 1 rings (SSSR count). The van der Waals surface area contributed by atoms with Crippen LogP contribution in [0.15, 0.2) is 0 Å². The number of likely N-dealkylation sites (tertiary alicyclic amines) is 1. The van der Waals surface area contributed by atoms with Crippen LogP contribution in [0.3, 0.4) is 0 Å². The molecule has 16 heavy (non-hydrogen) atoms. The highest BCUT2D eigenvalue weighted by molar-refractivity contribution is 5.87. The number of nitrogens with zero attached hydrogens (tertiary/aromatic N) is 1. The molecule has 1 fully saturated rings. The van der Waals surface area contributed by atoms with Crippen molar-refractivity contribution in [3.05, 3.63) is 0 Å². The van der Waals surface area contributed by atoms with Gasteiger partial charge < -0.3 is 10.5 Å². The average molecular weight is 228 g/mol. The highest BCUT2D eigenvalue weighted by atomic mass is 16.6. The van der Waals surface area contributed by atoms with Crippen molar-refractivity contribution in [3.8, 4) is 0 Å². The Bertz CT molecular complexity index is 268. The predicted molar refractivity (Wildman–Crippen MR) is 59.7 cm³/mol. The summed E-state index contributed by atoms with van der Waals surface area (Å²) in [5, 5.41) is 0. The zero-order valence-corrected chi connectivity index (χ0v) is 9.94. The lowest BCUT2D eigenvalue weighted by Crippen LogP contribution is -2.41. The molecule has 0 saturated carbocycles. The first-order chi connectivity index (χ1) is 7.54. The van der Waals surface area contributed by atoms with Crippen LogP contribution in [0.2, 0.25) is 0 Å². The SMILES string of the molecule is CCC(C)CN1CCC[C@H]1C(=O)OC(N)=O. The molecule has 1 aliphatic rings. The smallest absolute Gasteiger partial charge is 0.375 e. The number of ether oxygens (including phenoxy) is 1. The van der Waals surface area contributed by atoms with Crippen LogP contribution in [-0.4, -0.2) is 36.1 Å². The maximum Gasteiger partial charge on any atom is 0.412 e. The van der Waals surface area contributed by atoms with Gasteiger partial charge in [-0.3, -0.25) is 4.90 Å². The predicted octanol–water partition coefficient (Wildman–Crippen LogP) is 1.12. The number of amides is 1. The average Bonchev–Trinajstić information content (AvgIpc) is 2.64. The van der Waals surface area contributed by atoms with E-state index in [2.05, 4.69) is 23.5 Å². The van der Waals surface area contributed by atoms with E-state index in [0.29, 0.717) is 5.92 Å². The summed E-state index contributed by atoms with van der Waals surface area (Å²) < 4.78 is 4.44. The van der Waals surface area contributed by atoms with Gasteiger partial charge in [-0.15, -0.1) is 0 Å². The summed E-state index contributed by atoms with van der Waals surface area (Å²) in [5.41, 5.74) is 4.83. The van der Waals surface area contributed by atoms with Crippen molar-refractivity contribution in [1.29, 1.82) is 0 Å². The zero-order chi connectivity index (χ0) is 12.1. The maximum absolute atomic E-state index is 11.6. The zero-order valence-electron chi connectivity index (χ0n) is 9.94. The number of carbonyl (C=O) groups excluding carboxylic acids is 2. The quantitative estimate of drug-likeness (QED) is 0.578. The molecular formula is C11H20N2O3. The van der Waals surface area contributed by atoms with E-state index in [0.717, 1.165) is 32.4 Å². The van der Waals surface area contributed by atoms with Gasteiger partial charge in [0.1, 0.15) is 6.04 Å². The molecule has 2 atom stereocenters. The first-order valence-electron chi connectivity index (χ1n) is 5.79. The Labute approximate surface area is 95.9 Å². The minimum atomic E-state index is -1.01. The second-order valence-corrected chi connectivity index (χ2v) is 4.41. The van der Waals surface area contributed by atoms with E-state index < -0.39 is 12.1 Å². The summed E-state index contributed by atoms with van der Waals surface area (Å²) in [6, 6.07) is -0.290. The van der Waals surface area contributed by atoms with Crippen molar-refractivity contribution < 1.29 is 14.3 Å². The largest absolute Gasteiger partial charge is 0.412 e. The third-order valence-electron chi connectivity index (χ3n) is 3.08. The number of nitrogens with two attached hydrogens (primary N) is 1. The molecule has 5 nitrogen and oxygen atoms in total. The van der Waals surface area contributed by atoms with Gasteiger partial charge in [0.2, 0.25) is 0 Å². The van der Waals surface area contributed by atoms with Crippen molar-refractivity contribution >= 4 is 12.1 Å². The molecule has 0 spiro atoms. The van der Waals surface area contributed by atoms with Crippen molar-refractivity contribution in [2.45, 2.75) is 39.2 Å². The summed E-state index contributed by atoms with van der Waals surface area (Å²) in [6.07, 6.45) is 1.78. The molecule has 1 amide bonds. The van der Waals surface area contributed by atoms with E-state index in [1.165, 1.54) is 0 Å². The fraction of sp³-hybridized carbons (Fsp3) is 0.818. The van der Waals surface area contributed by atoms with Gasteiger partial charge in [0, 0.05) is 6.54 Å². The molecule has 1 saturated heterocycles. The fourth-order valence-corrected chi connectivity index (χ4v) is 2.01. The van der Waals surface area contributed by atoms with Crippen molar-refractivity contribution in [2.24, 2.45) is 11.7 Å². The van der Waals surface area contributed by atoms with Crippen LogP contribution >= 0.6 is 0 Å². The van der Waals surface area contributed by atoms with Crippen LogP contribution in [0.25, 0.3) is 0 Å². The minimum Gasteiger partial charge on any atom is -0.375 e. The Morgan fingerprint density at radius 2 is 2.25 bits per heavy atom. The molecule has 0 aromatic rings. The van der Waals surface area contributed by atoms with Crippen molar-refractivity contribution in [2.75, 3.05) is 13.1 Å². The normalized spacial score (nSPS) is 23.0. The summed E-state index contributed by atoms with van der Waals surface area (Å²) >= 11 is 0. The Balaban J connectivity index is 2.51. The number of carbonyl (C=O) groups is 2. The van der Waals surface area contributed by atoms with Gasteiger partial charge in [0.25, 0.3) is 0 Å². The molecule has 92 valence electrons. The van der Waals surface area contributed by atoms with E-state index >= 15 is 0 Å². The molecule has 1 heterocycles. The van der Waals surface area contributed by atoms with Crippen LogP contribution in [0, 0.1) is 5.92 Å². The second-order valence-electron chi connectivity index (χ2n) is 4.41. The summed E-state index contributed by atoms with van der Waals surface area (Å²) in [6.45, 7) is 6.03. The number of rotatable bonds is 4. The molecule has 2 N–H and O–H groups in total. The van der Waals surface area contributed by atoms with Gasteiger partial charge in [-0.05, 0) is 25.3 Å². The minimum absolute atomic E-state index is 0.290. The number of hydrogen-bond donors (Lipinski definition) is 1. The fourth-order valence-electron chi connectivity index (χ4n) is 2.01. The molecule has 0 bridgehead atoms. The highest BCUT2D eigenvalue weighted by Gasteiger charge is 2.33. The van der Waals surface area contributed by atoms with E-state index in [1.807, 2.05) is 0 Å². The van der Waals surface area contributed by atoms with E-state index in [9.17, 15) is 9.59 Å². The second kappa shape index (κ2) is 5.84. The number of esters is 1. The topological polar surface area (TPSA) is 72.6 Å². The van der Waals surface area contributed by atoms with Crippen LogP contribution < -0.4 is 5.73 Å². The summed E-state index contributed by atoms with van der Waals surface area (Å²) in [7, 11) is 0. The summed E-state index contributed by atoms with van der Waals surface area (Å²) in [5.74, 6) is 0.0373. The van der Waals surface area contributed by atoms with Crippen LogP contribution in [0.1, 0.15) is 33.1 Å². The molecule has 5 heteroatoms.